The summed E-state index contributed by atoms with van der Waals surface area (Å²) in [6.07, 6.45) is 2.70. The maximum Gasteiger partial charge on any atom is 0.147 e. The number of hydrogen-bond acceptors (Lipinski definition) is 4. The van der Waals surface area contributed by atoms with Crippen molar-refractivity contribution in [1.82, 2.24) is 5.43 Å². The van der Waals surface area contributed by atoms with Crippen molar-refractivity contribution >= 4 is 9.84 Å². The number of hydrazine groups is 1. The van der Waals surface area contributed by atoms with Gasteiger partial charge in [0.2, 0.25) is 0 Å². The highest BCUT2D eigenvalue weighted by Crippen LogP contribution is 2.22. The molecular weight excluding hydrogens is 200 g/mol. The van der Waals surface area contributed by atoms with Gasteiger partial charge >= 0.3 is 0 Å². The Hall–Kier alpha value is -0.130. The highest BCUT2D eigenvalue weighted by atomic mass is 32.2. The summed E-state index contributed by atoms with van der Waals surface area (Å²) in [5.74, 6) is 5.65. The SMILES string of the molecule is CC(C)(C)C(CCCS(C)(=O)=O)NN. The summed E-state index contributed by atoms with van der Waals surface area (Å²) in [5.41, 5.74) is 2.80. The number of hydrogen-bond donors (Lipinski definition) is 2. The molecule has 0 rings (SSSR count). The average Bonchev–Trinajstić information content (AvgIpc) is 1.93. The smallest absolute Gasteiger partial charge is 0.147 e. The van der Waals surface area contributed by atoms with E-state index in [-0.39, 0.29) is 17.2 Å². The third-order valence-corrected chi connectivity index (χ3v) is 3.28. The van der Waals surface area contributed by atoms with E-state index in [0.29, 0.717) is 6.42 Å². The summed E-state index contributed by atoms with van der Waals surface area (Å²) in [7, 11) is -2.84. The first kappa shape index (κ1) is 13.9. The molecule has 0 bridgehead atoms. The molecule has 0 saturated carbocycles. The molecule has 4 nitrogen and oxygen atoms in total. The monoisotopic (exact) mass is 222 g/mol. The number of nitrogens with two attached hydrogens (primary N) is 1. The molecule has 1 atom stereocenters. The average molecular weight is 222 g/mol. The van der Waals surface area contributed by atoms with Gasteiger partial charge in [0, 0.05) is 18.1 Å². The first-order chi connectivity index (χ1) is 6.17. The molecule has 0 aromatic rings. The summed E-state index contributed by atoms with van der Waals surface area (Å²) < 4.78 is 21.8. The molecule has 0 heterocycles. The Morgan fingerprint density at radius 2 is 1.86 bits per heavy atom. The summed E-state index contributed by atoms with van der Waals surface area (Å²) in [4.78, 5) is 0. The van der Waals surface area contributed by atoms with Crippen molar-refractivity contribution in [3.63, 3.8) is 0 Å². The number of sulfone groups is 1. The van der Waals surface area contributed by atoms with Crippen LogP contribution in [-0.2, 0) is 9.84 Å². The van der Waals surface area contributed by atoms with E-state index in [4.69, 9.17) is 5.84 Å². The quantitative estimate of drug-likeness (QED) is 0.530. The minimum atomic E-state index is -2.84. The second-order valence-corrected chi connectivity index (χ2v) is 7.12. The molecule has 0 fully saturated rings. The number of nitrogens with one attached hydrogen (secondary N) is 1. The minimum Gasteiger partial charge on any atom is -0.271 e. The van der Waals surface area contributed by atoms with E-state index in [1.807, 2.05) is 0 Å². The highest BCUT2D eigenvalue weighted by molar-refractivity contribution is 7.90. The van der Waals surface area contributed by atoms with Crippen LogP contribution in [0.4, 0.5) is 0 Å². The van der Waals surface area contributed by atoms with E-state index >= 15 is 0 Å². The zero-order valence-corrected chi connectivity index (χ0v) is 10.3. The van der Waals surface area contributed by atoms with Crippen LogP contribution in [0.5, 0.6) is 0 Å². The Labute approximate surface area is 87.1 Å². The van der Waals surface area contributed by atoms with Crippen LogP contribution in [0.25, 0.3) is 0 Å². The maximum absolute atomic E-state index is 10.9. The zero-order valence-electron chi connectivity index (χ0n) is 9.50. The van der Waals surface area contributed by atoms with Gasteiger partial charge in [0.25, 0.3) is 0 Å². The van der Waals surface area contributed by atoms with Gasteiger partial charge in [-0.15, -0.1) is 0 Å². The lowest BCUT2D eigenvalue weighted by molar-refractivity contribution is 0.255. The van der Waals surface area contributed by atoms with Gasteiger partial charge < -0.3 is 0 Å². The third kappa shape index (κ3) is 6.34. The minimum absolute atomic E-state index is 0.0618. The fourth-order valence-electron chi connectivity index (χ4n) is 1.32. The van der Waals surface area contributed by atoms with Crippen molar-refractivity contribution in [2.75, 3.05) is 12.0 Å². The Balaban J connectivity index is 3.99. The molecule has 0 aliphatic rings. The van der Waals surface area contributed by atoms with E-state index in [1.165, 1.54) is 6.26 Å². The molecule has 14 heavy (non-hydrogen) atoms. The summed E-state index contributed by atoms with van der Waals surface area (Å²) in [5, 5.41) is 0. The Kier molecular flexibility index (Phi) is 5.05. The molecule has 86 valence electrons. The van der Waals surface area contributed by atoms with Crippen LogP contribution in [0, 0.1) is 5.41 Å². The van der Waals surface area contributed by atoms with Crippen molar-refractivity contribution in [3.05, 3.63) is 0 Å². The summed E-state index contributed by atoms with van der Waals surface area (Å²) >= 11 is 0. The van der Waals surface area contributed by atoms with Gasteiger partial charge in [-0.1, -0.05) is 20.8 Å². The topological polar surface area (TPSA) is 72.2 Å². The van der Waals surface area contributed by atoms with Crippen molar-refractivity contribution in [1.29, 1.82) is 0 Å². The molecule has 0 aliphatic carbocycles. The van der Waals surface area contributed by atoms with E-state index in [0.717, 1.165) is 6.42 Å². The van der Waals surface area contributed by atoms with Gasteiger partial charge in [0.05, 0.1) is 0 Å². The lowest BCUT2D eigenvalue weighted by Crippen LogP contribution is -2.44. The van der Waals surface area contributed by atoms with Crippen molar-refractivity contribution in [2.45, 2.75) is 39.7 Å². The molecule has 0 aromatic carbocycles. The molecule has 0 saturated heterocycles. The van der Waals surface area contributed by atoms with Crippen LogP contribution in [0.2, 0.25) is 0 Å². The molecule has 0 aromatic heterocycles. The number of rotatable bonds is 5. The normalized spacial score (nSPS) is 15.5. The first-order valence-electron chi connectivity index (χ1n) is 4.80. The molecular formula is C9H22N2O2S. The van der Waals surface area contributed by atoms with Gasteiger partial charge in [0.15, 0.2) is 0 Å². The van der Waals surface area contributed by atoms with E-state index in [1.54, 1.807) is 0 Å². The predicted molar refractivity (Wildman–Crippen MR) is 59.5 cm³/mol. The van der Waals surface area contributed by atoms with Gasteiger partial charge in [-0.3, -0.25) is 11.3 Å². The summed E-state index contributed by atoms with van der Waals surface area (Å²) in [6.45, 7) is 6.24. The van der Waals surface area contributed by atoms with Crippen molar-refractivity contribution in [2.24, 2.45) is 11.3 Å². The standard InChI is InChI=1S/C9H22N2O2S/c1-9(2,3)8(11-10)6-5-7-14(4,12)13/h8,11H,5-7,10H2,1-4H3. The molecule has 1 unspecified atom stereocenters. The Morgan fingerprint density at radius 3 is 2.14 bits per heavy atom. The maximum atomic E-state index is 10.9. The van der Waals surface area contributed by atoms with Crippen LogP contribution >= 0.6 is 0 Å². The van der Waals surface area contributed by atoms with Gasteiger partial charge in [-0.2, -0.15) is 0 Å². The molecule has 0 amide bonds. The second-order valence-electron chi connectivity index (χ2n) is 4.86. The highest BCUT2D eigenvalue weighted by Gasteiger charge is 2.23. The zero-order chi connectivity index (χ0) is 11.4. The van der Waals surface area contributed by atoms with Crippen LogP contribution in [0.1, 0.15) is 33.6 Å². The van der Waals surface area contributed by atoms with Gasteiger partial charge in [-0.25, -0.2) is 8.42 Å². The third-order valence-electron chi connectivity index (χ3n) is 2.25. The van der Waals surface area contributed by atoms with Crippen molar-refractivity contribution < 1.29 is 8.42 Å². The molecule has 3 N–H and O–H groups in total. The van der Waals surface area contributed by atoms with E-state index < -0.39 is 9.84 Å². The predicted octanol–water partition coefficient (Wildman–Crippen LogP) is 0.689. The molecule has 0 spiro atoms. The second kappa shape index (κ2) is 5.09. The van der Waals surface area contributed by atoms with Gasteiger partial charge in [-0.05, 0) is 18.3 Å². The van der Waals surface area contributed by atoms with Crippen LogP contribution in [0.15, 0.2) is 0 Å². The fraction of sp³-hybridized carbons (Fsp3) is 1.00. The molecule has 5 heteroatoms. The largest absolute Gasteiger partial charge is 0.271 e. The van der Waals surface area contributed by atoms with Crippen molar-refractivity contribution in [3.8, 4) is 0 Å². The van der Waals surface area contributed by atoms with E-state index in [9.17, 15) is 8.42 Å². The Morgan fingerprint density at radius 1 is 1.36 bits per heavy atom. The van der Waals surface area contributed by atoms with Crippen LogP contribution < -0.4 is 11.3 Å². The van der Waals surface area contributed by atoms with Crippen LogP contribution in [0.3, 0.4) is 0 Å². The summed E-state index contributed by atoms with van der Waals surface area (Å²) in [6, 6.07) is 0.157. The first-order valence-corrected chi connectivity index (χ1v) is 6.87. The van der Waals surface area contributed by atoms with E-state index in [2.05, 4.69) is 26.2 Å². The lowest BCUT2D eigenvalue weighted by Gasteiger charge is -2.29. The molecule has 0 aliphatic heterocycles. The Bertz CT molecular complexity index is 254. The lowest BCUT2D eigenvalue weighted by atomic mass is 9.85. The van der Waals surface area contributed by atoms with Gasteiger partial charge in [0.1, 0.15) is 9.84 Å². The molecule has 0 radical (unpaired) electrons. The fourth-order valence-corrected chi connectivity index (χ4v) is 2.01. The van der Waals surface area contributed by atoms with Crippen LogP contribution in [-0.4, -0.2) is 26.5 Å².